The van der Waals surface area contributed by atoms with E-state index in [2.05, 4.69) is 12.1 Å². The molecule has 1 fully saturated rings. The van der Waals surface area contributed by atoms with Crippen molar-refractivity contribution in [3.8, 4) is 0 Å². The largest absolute Gasteiger partial charge is 0.376 e. The third kappa shape index (κ3) is 1.65. The number of fused-ring (bicyclic) bond motifs is 2. The number of rotatable bonds is 2. The summed E-state index contributed by atoms with van der Waals surface area (Å²) in [7, 11) is 0. The fraction of sp³-hybridized carbons (Fsp3) is 0.438. The van der Waals surface area contributed by atoms with Crippen LogP contribution in [0.4, 0.5) is 0 Å². The van der Waals surface area contributed by atoms with Crippen molar-refractivity contribution in [2.75, 3.05) is 0 Å². The Hall–Kier alpha value is -1.61. The normalized spacial score (nSPS) is 22.9. The van der Waals surface area contributed by atoms with E-state index in [4.69, 9.17) is 5.73 Å². The van der Waals surface area contributed by atoms with Gasteiger partial charge in [-0.05, 0) is 36.5 Å². The number of nitrogens with two attached hydrogens (primary N) is 1. The average Bonchev–Trinajstić information content (AvgIpc) is 2.97. The maximum absolute atomic E-state index is 11.6. The molecule has 0 heterocycles. The molecule has 0 radical (unpaired) electrons. The van der Waals surface area contributed by atoms with Crippen LogP contribution in [0.15, 0.2) is 30.3 Å². The van der Waals surface area contributed by atoms with Crippen molar-refractivity contribution >= 4 is 11.5 Å². The highest BCUT2D eigenvalue weighted by Crippen LogP contribution is 2.52. The zero-order chi connectivity index (χ0) is 13.7. The van der Waals surface area contributed by atoms with Crippen molar-refractivity contribution in [1.82, 2.24) is 0 Å². The molecule has 3 N–H and O–H groups in total. The predicted octanol–water partition coefficient (Wildman–Crippen LogP) is 2.13. The second-order valence-corrected chi connectivity index (χ2v) is 5.90. The molecule has 0 saturated heterocycles. The van der Waals surface area contributed by atoms with Crippen molar-refractivity contribution in [1.29, 1.82) is 0 Å². The highest BCUT2D eigenvalue weighted by Gasteiger charge is 2.46. The minimum Gasteiger partial charge on any atom is -0.376 e. The lowest BCUT2D eigenvalue weighted by Crippen LogP contribution is -2.41. The second-order valence-electron chi connectivity index (χ2n) is 5.90. The van der Waals surface area contributed by atoms with E-state index in [1.54, 1.807) is 0 Å². The number of hydrogen-bond donors (Lipinski definition) is 2. The quantitative estimate of drug-likeness (QED) is 0.852. The van der Waals surface area contributed by atoms with Gasteiger partial charge in [-0.15, -0.1) is 0 Å². The first-order valence-electron chi connectivity index (χ1n) is 6.83. The first kappa shape index (κ1) is 12.4. The molecule has 0 aliphatic heterocycles. The number of allylic oxidation sites excluding steroid dienone is 1. The fourth-order valence-electron chi connectivity index (χ4n) is 3.54. The number of benzene rings is 1. The van der Waals surface area contributed by atoms with Crippen LogP contribution in [0, 0.1) is 0 Å². The zero-order valence-electron chi connectivity index (χ0n) is 11.1. The van der Waals surface area contributed by atoms with Crippen LogP contribution >= 0.6 is 0 Å². The Morgan fingerprint density at radius 3 is 2.58 bits per heavy atom. The van der Waals surface area contributed by atoms with E-state index in [-0.39, 0.29) is 5.41 Å². The lowest BCUT2D eigenvalue weighted by Gasteiger charge is -2.22. The van der Waals surface area contributed by atoms with Gasteiger partial charge in [-0.25, -0.2) is 0 Å². The molecule has 19 heavy (non-hydrogen) atoms. The molecule has 3 rings (SSSR count). The Labute approximate surface area is 113 Å². The van der Waals surface area contributed by atoms with Crippen LogP contribution in [0.3, 0.4) is 0 Å². The van der Waals surface area contributed by atoms with Crippen LogP contribution in [0.1, 0.15) is 43.7 Å². The molecular formula is C16H19NO2. The molecular weight excluding hydrogens is 238 g/mol. The van der Waals surface area contributed by atoms with Crippen molar-refractivity contribution in [3.05, 3.63) is 41.5 Å². The van der Waals surface area contributed by atoms with Crippen molar-refractivity contribution in [2.24, 2.45) is 5.73 Å². The molecule has 1 spiro atoms. The van der Waals surface area contributed by atoms with Gasteiger partial charge >= 0.3 is 0 Å². The van der Waals surface area contributed by atoms with Crippen LogP contribution in [-0.4, -0.2) is 16.6 Å². The summed E-state index contributed by atoms with van der Waals surface area (Å²) >= 11 is 0. The van der Waals surface area contributed by atoms with Gasteiger partial charge in [0.1, 0.15) is 0 Å². The van der Waals surface area contributed by atoms with E-state index in [0.29, 0.717) is 5.57 Å². The number of carbonyl (C=O) groups is 1. The molecule has 0 bridgehead atoms. The SMILES string of the molecule is CC(O)(C(N)=O)C1=CC2(CCCC2)c2ccccc21. The summed E-state index contributed by atoms with van der Waals surface area (Å²) in [5.74, 6) is -0.691. The number of aliphatic hydroxyl groups is 1. The van der Waals surface area contributed by atoms with Crippen LogP contribution in [0.5, 0.6) is 0 Å². The smallest absolute Gasteiger partial charge is 0.253 e. The summed E-state index contributed by atoms with van der Waals surface area (Å²) in [5.41, 5.74) is 6.67. The summed E-state index contributed by atoms with van der Waals surface area (Å²) in [4.78, 5) is 11.6. The summed E-state index contributed by atoms with van der Waals surface area (Å²) in [6.45, 7) is 1.49. The Bertz CT molecular complexity index is 566. The maximum Gasteiger partial charge on any atom is 0.253 e. The van der Waals surface area contributed by atoms with Crippen molar-refractivity contribution in [3.63, 3.8) is 0 Å². The monoisotopic (exact) mass is 257 g/mol. The van der Waals surface area contributed by atoms with E-state index in [0.717, 1.165) is 18.4 Å². The average molecular weight is 257 g/mol. The molecule has 1 aromatic rings. The molecule has 0 aromatic heterocycles. The van der Waals surface area contributed by atoms with Gasteiger partial charge in [0.2, 0.25) is 0 Å². The minimum atomic E-state index is -1.60. The summed E-state index contributed by atoms with van der Waals surface area (Å²) in [5, 5.41) is 10.4. The summed E-state index contributed by atoms with van der Waals surface area (Å²) < 4.78 is 0. The van der Waals surface area contributed by atoms with Gasteiger partial charge in [-0.3, -0.25) is 4.79 Å². The van der Waals surface area contributed by atoms with Crippen LogP contribution in [0.25, 0.3) is 5.57 Å². The lowest BCUT2D eigenvalue weighted by molar-refractivity contribution is -0.129. The van der Waals surface area contributed by atoms with Gasteiger partial charge in [0, 0.05) is 5.41 Å². The van der Waals surface area contributed by atoms with Crippen LogP contribution in [0.2, 0.25) is 0 Å². The van der Waals surface area contributed by atoms with Gasteiger partial charge in [-0.2, -0.15) is 0 Å². The van der Waals surface area contributed by atoms with Gasteiger partial charge in [0.15, 0.2) is 5.60 Å². The minimum absolute atomic E-state index is 0.00532. The van der Waals surface area contributed by atoms with E-state index in [1.807, 2.05) is 18.2 Å². The number of primary amides is 1. The number of hydrogen-bond acceptors (Lipinski definition) is 2. The Kier molecular flexibility index (Phi) is 2.58. The maximum atomic E-state index is 11.6. The predicted molar refractivity (Wildman–Crippen MR) is 74.4 cm³/mol. The highest BCUT2D eigenvalue weighted by atomic mass is 16.3. The number of amides is 1. The first-order chi connectivity index (χ1) is 8.97. The number of carbonyl (C=O) groups excluding carboxylic acids is 1. The van der Waals surface area contributed by atoms with Gasteiger partial charge in [0.05, 0.1) is 0 Å². The standard InChI is InChI=1S/C16H19NO2/c1-15(19,14(17)18)13-10-16(8-4-5-9-16)12-7-3-2-6-11(12)13/h2-3,6-7,10,19H,4-5,8-9H2,1H3,(H2,17,18). The molecule has 2 aliphatic rings. The fourth-order valence-corrected chi connectivity index (χ4v) is 3.54. The van der Waals surface area contributed by atoms with Crippen molar-refractivity contribution in [2.45, 2.75) is 43.6 Å². The van der Waals surface area contributed by atoms with Crippen molar-refractivity contribution < 1.29 is 9.90 Å². The van der Waals surface area contributed by atoms with E-state index in [1.165, 1.54) is 25.3 Å². The first-order valence-corrected chi connectivity index (χ1v) is 6.83. The van der Waals surface area contributed by atoms with E-state index in [9.17, 15) is 9.90 Å². The molecule has 1 saturated carbocycles. The molecule has 1 unspecified atom stereocenters. The summed E-state index contributed by atoms with van der Waals surface area (Å²) in [6, 6.07) is 8.05. The third-order valence-corrected chi connectivity index (χ3v) is 4.67. The second kappa shape index (κ2) is 3.94. The molecule has 1 atom stereocenters. The van der Waals surface area contributed by atoms with Gasteiger partial charge in [0.25, 0.3) is 5.91 Å². The lowest BCUT2D eigenvalue weighted by atomic mass is 9.81. The van der Waals surface area contributed by atoms with Gasteiger partial charge in [-0.1, -0.05) is 43.2 Å². The molecule has 100 valence electrons. The van der Waals surface area contributed by atoms with Gasteiger partial charge < -0.3 is 10.8 Å². The van der Waals surface area contributed by atoms with Crippen LogP contribution < -0.4 is 5.73 Å². The molecule has 3 heteroatoms. The Morgan fingerprint density at radius 1 is 1.32 bits per heavy atom. The van der Waals surface area contributed by atoms with E-state index >= 15 is 0 Å². The topological polar surface area (TPSA) is 63.3 Å². The molecule has 1 amide bonds. The third-order valence-electron chi connectivity index (χ3n) is 4.67. The highest BCUT2D eigenvalue weighted by molar-refractivity contribution is 6.00. The Balaban J connectivity index is 2.19. The van der Waals surface area contributed by atoms with E-state index < -0.39 is 11.5 Å². The molecule has 3 nitrogen and oxygen atoms in total. The van der Waals surface area contributed by atoms with Crippen LogP contribution in [-0.2, 0) is 10.2 Å². The zero-order valence-corrected chi connectivity index (χ0v) is 11.1. The Morgan fingerprint density at radius 2 is 1.95 bits per heavy atom. The molecule has 2 aliphatic carbocycles. The summed E-state index contributed by atoms with van der Waals surface area (Å²) in [6.07, 6.45) is 6.65. The molecule has 1 aromatic carbocycles.